The van der Waals surface area contributed by atoms with Crippen molar-refractivity contribution in [3.8, 4) is 11.3 Å². The normalized spacial score (nSPS) is 16.2. The maximum Gasteiger partial charge on any atom is 0.219 e. The quantitative estimate of drug-likeness (QED) is 0.841. The lowest BCUT2D eigenvalue weighted by molar-refractivity contribution is -0.129. The van der Waals surface area contributed by atoms with E-state index >= 15 is 0 Å². The monoisotopic (exact) mass is 285 g/mol. The van der Waals surface area contributed by atoms with E-state index < -0.39 is 0 Å². The Bertz CT molecular complexity index is 643. The molecular formula is C15H19N5O. The first-order valence-electron chi connectivity index (χ1n) is 7.20. The number of aryl methyl sites for hydroxylation is 1. The van der Waals surface area contributed by atoms with Gasteiger partial charge in [-0.05, 0) is 12.8 Å². The molecule has 0 bridgehead atoms. The van der Waals surface area contributed by atoms with Gasteiger partial charge in [0, 0.05) is 50.9 Å². The van der Waals surface area contributed by atoms with Crippen molar-refractivity contribution in [2.75, 3.05) is 13.1 Å². The topological polar surface area (TPSA) is 63.9 Å². The first-order valence-corrected chi connectivity index (χ1v) is 7.20. The predicted octanol–water partition coefficient (Wildman–Crippen LogP) is 1.60. The highest BCUT2D eigenvalue weighted by Crippen LogP contribution is 2.27. The second kappa shape index (κ2) is 5.63. The third-order valence-corrected chi connectivity index (χ3v) is 4.01. The Kier molecular flexibility index (Phi) is 3.68. The van der Waals surface area contributed by atoms with Crippen LogP contribution in [-0.4, -0.2) is 43.6 Å². The van der Waals surface area contributed by atoms with Crippen LogP contribution < -0.4 is 0 Å². The van der Waals surface area contributed by atoms with Gasteiger partial charge < -0.3 is 4.90 Å². The van der Waals surface area contributed by atoms with Crippen molar-refractivity contribution in [2.24, 2.45) is 7.05 Å². The molecule has 0 aliphatic carbocycles. The highest BCUT2D eigenvalue weighted by Gasteiger charge is 2.23. The first-order chi connectivity index (χ1) is 10.1. The number of amides is 1. The van der Waals surface area contributed by atoms with Crippen molar-refractivity contribution in [1.29, 1.82) is 0 Å². The molecule has 3 rings (SSSR count). The lowest BCUT2D eigenvalue weighted by Crippen LogP contribution is -2.36. The summed E-state index contributed by atoms with van der Waals surface area (Å²) in [4.78, 5) is 22.3. The largest absolute Gasteiger partial charge is 0.343 e. The molecular weight excluding hydrogens is 266 g/mol. The van der Waals surface area contributed by atoms with Gasteiger partial charge in [0.15, 0.2) is 0 Å². The van der Waals surface area contributed by atoms with Gasteiger partial charge in [0.1, 0.15) is 0 Å². The van der Waals surface area contributed by atoms with Gasteiger partial charge in [-0.25, -0.2) is 4.98 Å². The van der Waals surface area contributed by atoms with Gasteiger partial charge in [-0.1, -0.05) is 0 Å². The van der Waals surface area contributed by atoms with Crippen LogP contribution in [0.4, 0.5) is 0 Å². The van der Waals surface area contributed by atoms with Crippen LogP contribution in [0.5, 0.6) is 0 Å². The number of carbonyl (C=O) groups is 1. The summed E-state index contributed by atoms with van der Waals surface area (Å²) in [5.41, 5.74) is 2.85. The van der Waals surface area contributed by atoms with E-state index in [1.807, 2.05) is 24.3 Å². The zero-order valence-corrected chi connectivity index (χ0v) is 12.4. The number of likely N-dealkylation sites (tertiary alicyclic amines) is 1. The molecule has 0 radical (unpaired) electrons. The second-order valence-electron chi connectivity index (χ2n) is 5.51. The molecule has 1 amide bonds. The summed E-state index contributed by atoms with van der Waals surface area (Å²) < 4.78 is 1.76. The van der Waals surface area contributed by atoms with Crippen LogP contribution in [0.25, 0.3) is 11.3 Å². The van der Waals surface area contributed by atoms with Crippen molar-refractivity contribution in [1.82, 2.24) is 24.6 Å². The zero-order valence-electron chi connectivity index (χ0n) is 12.4. The van der Waals surface area contributed by atoms with Gasteiger partial charge in [-0.3, -0.25) is 14.5 Å². The Hall–Kier alpha value is -2.24. The van der Waals surface area contributed by atoms with Crippen LogP contribution >= 0.6 is 0 Å². The number of aromatic nitrogens is 4. The minimum absolute atomic E-state index is 0.156. The molecule has 110 valence electrons. The minimum Gasteiger partial charge on any atom is -0.343 e. The molecule has 1 saturated heterocycles. The van der Waals surface area contributed by atoms with Crippen molar-refractivity contribution < 1.29 is 4.79 Å². The highest BCUT2D eigenvalue weighted by molar-refractivity contribution is 5.73. The number of nitrogens with zero attached hydrogens (tertiary/aromatic N) is 5. The summed E-state index contributed by atoms with van der Waals surface area (Å²) >= 11 is 0. The van der Waals surface area contributed by atoms with Gasteiger partial charge in [0.05, 0.1) is 23.8 Å². The van der Waals surface area contributed by atoms with E-state index in [1.165, 1.54) is 0 Å². The zero-order chi connectivity index (χ0) is 14.8. The summed E-state index contributed by atoms with van der Waals surface area (Å²) in [7, 11) is 1.89. The molecule has 0 atom stereocenters. The van der Waals surface area contributed by atoms with Gasteiger partial charge in [-0.2, -0.15) is 5.10 Å². The predicted molar refractivity (Wildman–Crippen MR) is 78.5 cm³/mol. The van der Waals surface area contributed by atoms with E-state index in [0.29, 0.717) is 5.92 Å². The molecule has 6 nitrogen and oxygen atoms in total. The Morgan fingerprint density at radius 1 is 1.24 bits per heavy atom. The number of hydrogen-bond donors (Lipinski definition) is 0. The summed E-state index contributed by atoms with van der Waals surface area (Å²) in [5.74, 6) is 0.536. The molecule has 0 aromatic carbocycles. The van der Waals surface area contributed by atoms with Gasteiger partial charge >= 0.3 is 0 Å². The molecule has 21 heavy (non-hydrogen) atoms. The molecule has 0 spiro atoms. The molecule has 2 aromatic rings. The summed E-state index contributed by atoms with van der Waals surface area (Å²) in [6.45, 7) is 3.24. The van der Waals surface area contributed by atoms with E-state index in [1.54, 1.807) is 24.0 Å². The van der Waals surface area contributed by atoms with E-state index in [-0.39, 0.29) is 5.91 Å². The van der Waals surface area contributed by atoms with Crippen molar-refractivity contribution in [2.45, 2.75) is 25.7 Å². The fraction of sp³-hybridized carbons (Fsp3) is 0.467. The van der Waals surface area contributed by atoms with Crippen molar-refractivity contribution in [3.63, 3.8) is 0 Å². The maximum absolute atomic E-state index is 11.4. The van der Waals surface area contributed by atoms with Crippen LogP contribution in [-0.2, 0) is 11.8 Å². The standard InChI is InChI=1S/C15H19N5O/c1-11(21)20-5-3-12(4-6-20)14-8-16-9-15(18-14)13-7-17-19(2)10-13/h7-10,12H,3-6H2,1-2H3. The minimum atomic E-state index is 0.156. The summed E-state index contributed by atoms with van der Waals surface area (Å²) in [6.07, 6.45) is 9.24. The molecule has 0 N–H and O–H groups in total. The van der Waals surface area contributed by atoms with Crippen LogP contribution in [0.1, 0.15) is 31.4 Å². The van der Waals surface area contributed by atoms with Crippen LogP contribution in [0.2, 0.25) is 0 Å². The molecule has 6 heteroatoms. The number of carbonyl (C=O) groups excluding carboxylic acids is 1. The van der Waals surface area contributed by atoms with E-state index in [4.69, 9.17) is 4.98 Å². The number of piperidine rings is 1. The van der Waals surface area contributed by atoms with Crippen LogP contribution in [0.3, 0.4) is 0 Å². The Balaban J connectivity index is 1.76. The lowest BCUT2D eigenvalue weighted by atomic mass is 9.93. The molecule has 3 heterocycles. The average molecular weight is 285 g/mol. The Morgan fingerprint density at radius 2 is 2.00 bits per heavy atom. The summed E-state index contributed by atoms with van der Waals surface area (Å²) in [6, 6.07) is 0. The van der Waals surface area contributed by atoms with E-state index in [2.05, 4.69) is 10.1 Å². The average Bonchev–Trinajstić information content (AvgIpc) is 2.94. The van der Waals surface area contributed by atoms with Gasteiger partial charge in [0.25, 0.3) is 0 Å². The molecule has 1 fully saturated rings. The number of rotatable bonds is 2. The fourth-order valence-corrected chi connectivity index (χ4v) is 2.76. The van der Waals surface area contributed by atoms with Crippen LogP contribution in [0, 0.1) is 0 Å². The van der Waals surface area contributed by atoms with E-state index in [0.717, 1.165) is 42.9 Å². The van der Waals surface area contributed by atoms with Gasteiger partial charge in [0.2, 0.25) is 5.91 Å². The third-order valence-electron chi connectivity index (χ3n) is 4.01. The van der Waals surface area contributed by atoms with Crippen LogP contribution in [0.15, 0.2) is 24.8 Å². The van der Waals surface area contributed by atoms with Crippen molar-refractivity contribution >= 4 is 5.91 Å². The summed E-state index contributed by atoms with van der Waals surface area (Å²) in [5, 5.41) is 4.17. The molecule has 1 aliphatic heterocycles. The second-order valence-corrected chi connectivity index (χ2v) is 5.51. The Morgan fingerprint density at radius 3 is 2.62 bits per heavy atom. The number of hydrogen-bond acceptors (Lipinski definition) is 4. The maximum atomic E-state index is 11.4. The SMILES string of the molecule is CC(=O)N1CCC(c2cncc(-c3cnn(C)c3)n2)CC1. The van der Waals surface area contributed by atoms with E-state index in [9.17, 15) is 4.79 Å². The fourth-order valence-electron chi connectivity index (χ4n) is 2.76. The molecule has 2 aromatic heterocycles. The van der Waals surface area contributed by atoms with Gasteiger partial charge in [-0.15, -0.1) is 0 Å². The third kappa shape index (κ3) is 2.94. The molecule has 0 saturated carbocycles. The highest BCUT2D eigenvalue weighted by atomic mass is 16.2. The first kappa shape index (κ1) is 13.7. The smallest absolute Gasteiger partial charge is 0.219 e. The lowest BCUT2D eigenvalue weighted by Gasteiger charge is -2.30. The molecule has 1 aliphatic rings. The Labute approximate surface area is 123 Å². The van der Waals surface area contributed by atoms with Crippen molar-refractivity contribution in [3.05, 3.63) is 30.5 Å². The molecule has 0 unspecified atom stereocenters.